The molecule has 0 aromatic rings. The molecular weight excluding hydrogens is 402 g/mol. The molecule has 0 radical (unpaired) electrons. The van der Waals surface area contributed by atoms with Gasteiger partial charge >= 0.3 is 0 Å². The highest BCUT2D eigenvalue weighted by atomic mass is 35.5. The summed E-state index contributed by atoms with van der Waals surface area (Å²) in [6.45, 7) is 3.20. The third-order valence-electron chi connectivity index (χ3n) is 6.58. The normalized spacial score (nSPS) is 23.8. The van der Waals surface area contributed by atoms with Gasteiger partial charge in [-0.25, -0.2) is 8.42 Å². The number of hydrogen-bond donors (Lipinski definition) is 1. The molecule has 1 aliphatic carbocycles. The van der Waals surface area contributed by atoms with E-state index in [1.54, 1.807) is 4.90 Å². The van der Waals surface area contributed by atoms with Crippen molar-refractivity contribution in [1.82, 2.24) is 15.1 Å². The van der Waals surface area contributed by atoms with Crippen LogP contribution >= 0.6 is 12.4 Å². The molecule has 2 heterocycles. The number of nitrogens with zero attached hydrogens (tertiary/aromatic N) is 2. The number of rotatable bonds is 4. The van der Waals surface area contributed by atoms with Gasteiger partial charge in [-0.05, 0) is 51.1 Å². The van der Waals surface area contributed by atoms with E-state index in [0.29, 0.717) is 70.9 Å². The molecule has 2 saturated heterocycles. The number of halogens is 1. The van der Waals surface area contributed by atoms with Gasteiger partial charge in [0.15, 0.2) is 14.6 Å². The van der Waals surface area contributed by atoms with Crippen LogP contribution in [0.2, 0.25) is 0 Å². The largest absolute Gasteiger partial charge is 0.341 e. The van der Waals surface area contributed by atoms with Crippen molar-refractivity contribution in [2.24, 2.45) is 5.92 Å². The van der Waals surface area contributed by atoms with E-state index in [1.165, 1.54) is 19.1 Å². The molecule has 0 unspecified atom stereocenters. The highest BCUT2D eigenvalue weighted by Crippen LogP contribution is 2.31. The van der Waals surface area contributed by atoms with E-state index in [0.717, 1.165) is 12.8 Å². The van der Waals surface area contributed by atoms with Gasteiger partial charge in [-0.15, -0.1) is 12.4 Å². The zero-order valence-electron chi connectivity index (χ0n) is 16.8. The second-order valence-electron chi connectivity index (χ2n) is 8.40. The Kier molecular flexibility index (Phi) is 8.16. The summed E-state index contributed by atoms with van der Waals surface area (Å²) >= 11 is 0. The van der Waals surface area contributed by atoms with Crippen LogP contribution in [0.1, 0.15) is 51.4 Å². The molecular formula is C19H34ClN3O4S. The minimum atomic E-state index is -3.51. The number of nitrogens with one attached hydrogen (secondary N) is 1. The second-order valence-corrected chi connectivity index (χ2v) is 10.7. The summed E-state index contributed by atoms with van der Waals surface area (Å²) in [4.78, 5) is 29.4. The zero-order chi connectivity index (χ0) is 19.5. The molecule has 9 heteroatoms. The van der Waals surface area contributed by atoms with Crippen LogP contribution in [0, 0.1) is 5.92 Å². The van der Waals surface area contributed by atoms with Crippen LogP contribution < -0.4 is 5.32 Å². The zero-order valence-corrected chi connectivity index (χ0v) is 18.5. The first-order valence-electron chi connectivity index (χ1n) is 10.3. The van der Waals surface area contributed by atoms with Crippen molar-refractivity contribution in [3.05, 3.63) is 0 Å². The fourth-order valence-electron chi connectivity index (χ4n) is 4.82. The maximum atomic E-state index is 13.2. The van der Waals surface area contributed by atoms with Crippen molar-refractivity contribution < 1.29 is 18.0 Å². The van der Waals surface area contributed by atoms with E-state index in [1.807, 2.05) is 4.90 Å². The minimum Gasteiger partial charge on any atom is -0.341 e. The SMILES string of the molecule is CS(=O)(=O)C1(C(=O)N2CCCN(C(=O)CC3CCCC3)CC2)CCNCC1.Cl. The first-order chi connectivity index (χ1) is 12.8. The number of sulfone groups is 1. The van der Waals surface area contributed by atoms with Gasteiger partial charge < -0.3 is 15.1 Å². The van der Waals surface area contributed by atoms with Gasteiger partial charge in [-0.1, -0.05) is 12.8 Å². The van der Waals surface area contributed by atoms with Crippen LogP contribution in [0.4, 0.5) is 0 Å². The Bertz CT molecular complexity index is 658. The molecule has 0 atom stereocenters. The van der Waals surface area contributed by atoms with E-state index in [2.05, 4.69) is 5.32 Å². The lowest BCUT2D eigenvalue weighted by atomic mass is 9.95. The lowest BCUT2D eigenvalue weighted by Crippen LogP contribution is -2.58. The summed E-state index contributed by atoms with van der Waals surface area (Å²) < 4.78 is 23.7. The molecule has 7 nitrogen and oxygen atoms in total. The predicted octanol–water partition coefficient (Wildman–Crippen LogP) is 1.22. The molecule has 28 heavy (non-hydrogen) atoms. The van der Waals surface area contributed by atoms with Gasteiger partial charge in [0.25, 0.3) is 0 Å². The summed E-state index contributed by atoms with van der Waals surface area (Å²) in [6.07, 6.45) is 7.91. The number of amides is 2. The summed E-state index contributed by atoms with van der Waals surface area (Å²) in [7, 11) is -3.51. The van der Waals surface area contributed by atoms with E-state index >= 15 is 0 Å². The number of carbonyl (C=O) groups is 2. The highest BCUT2D eigenvalue weighted by Gasteiger charge is 2.50. The lowest BCUT2D eigenvalue weighted by molar-refractivity contribution is -0.136. The molecule has 1 saturated carbocycles. The van der Waals surface area contributed by atoms with Crippen LogP contribution in [0.25, 0.3) is 0 Å². The molecule has 0 aromatic carbocycles. The predicted molar refractivity (Wildman–Crippen MR) is 111 cm³/mol. The topological polar surface area (TPSA) is 86.8 Å². The maximum Gasteiger partial charge on any atom is 0.244 e. The van der Waals surface area contributed by atoms with E-state index in [9.17, 15) is 18.0 Å². The van der Waals surface area contributed by atoms with E-state index in [4.69, 9.17) is 0 Å². The molecule has 3 fully saturated rings. The second kappa shape index (κ2) is 9.76. The Hall–Kier alpha value is -0.860. The van der Waals surface area contributed by atoms with Gasteiger partial charge in [0, 0.05) is 38.9 Å². The Morgan fingerprint density at radius 1 is 0.964 bits per heavy atom. The van der Waals surface area contributed by atoms with Crippen molar-refractivity contribution >= 4 is 34.1 Å². The number of piperidine rings is 1. The molecule has 0 aromatic heterocycles. The monoisotopic (exact) mass is 435 g/mol. The third-order valence-corrected chi connectivity index (χ3v) is 8.59. The molecule has 1 N–H and O–H groups in total. The van der Waals surface area contributed by atoms with Crippen LogP contribution in [0.3, 0.4) is 0 Å². The maximum absolute atomic E-state index is 13.2. The Labute approximate surface area is 174 Å². The first kappa shape index (κ1) is 23.4. The van der Waals surface area contributed by atoms with E-state index in [-0.39, 0.29) is 24.2 Å². The van der Waals surface area contributed by atoms with Crippen molar-refractivity contribution in [2.45, 2.75) is 56.1 Å². The Balaban J connectivity index is 0.00000280. The lowest BCUT2D eigenvalue weighted by Gasteiger charge is -2.38. The van der Waals surface area contributed by atoms with Crippen molar-refractivity contribution in [1.29, 1.82) is 0 Å². The molecule has 3 rings (SSSR count). The van der Waals surface area contributed by atoms with Crippen molar-refractivity contribution in [3.8, 4) is 0 Å². The third kappa shape index (κ3) is 5.00. The Morgan fingerprint density at radius 2 is 1.54 bits per heavy atom. The Morgan fingerprint density at radius 3 is 2.14 bits per heavy atom. The minimum absolute atomic E-state index is 0. The number of hydrogen-bond acceptors (Lipinski definition) is 5. The fourth-order valence-corrected chi connectivity index (χ4v) is 6.21. The summed E-state index contributed by atoms with van der Waals surface area (Å²) in [5.74, 6) is 0.439. The molecule has 0 spiro atoms. The first-order valence-corrected chi connectivity index (χ1v) is 12.2. The quantitative estimate of drug-likeness (QED) is 0.717. The molecule has 2 amide bonds. The molecule has 162 valence electrons. The van der Waals surface area contributed by atoms with Crippen molar-refractivity contribution in [2.75, 3.05) is 45.5 Å². The summed E-state index contributed by atoms with van der Waals surface area (Å²) in [5, 5.41) is 3.15. The van der Waals surface area contributed by atoms with E-state index < -0.39 is 14.6 Å². The van der Waals surface area contributed by atoms with Gasteiger partial charge in [-0.2, -0.15) is 0 Å². The molecule has 0 bridgehead atoms. The molecule has 3 aliphatic rings. The van der Waals surface area contributed by atoms with Crippen LogP contribution in [0.5, 0.6) is 0 Å². The average Bonchev–Trinajstić information content (AvgIpc) is 3.02. The van der Waals surface area contributed by atoms with Gasteiger partial charge in [0.1, 0.15) is 0 Å². The fraction of sp³-hybridized carbons (Fsp3) is 0.895. The number of carbonyl (C=O) groups excluding carboxylic acids is 2. The van der Waals surface area contributed by atoms with Gasteiger partial charge in [0.2, 0.25) is 11.8 Å². The smallest absolute Gasteiger partial charge is 0.244 e. The van der Waals surface area contributed by atoms with Crippen LogP contribution in [0.15, 0.2) is 0 Å². The van der Waals surface area contributed by atoms with Gasteiger partial charge in [0.05, 0.1) is 0 Å². The highest BCUT2D eigenvalue weighted by molar-refractivity contribution is 7.92. The average molecular weight is 436 g/mol. The van der Waals surface area contributed by atoms with Gasteiger partial charge in [-0.3, -0.25) is 9.59 Å². The van der Waals surface area contributed by atoms with Crippen LogP contribution in [-0.2, 0) is 19.4 Å². The molecule has 2 aliphatic heterocycles. The summed E-state index contributed by atoms with van der Waals surface area (Å²) in [6, 6.07) is 0. The standard InChI is InChI=1S/C19H33N3O4S.ClH/c1-27(25,26)19(7-9-20-10-8-19)18(24)22-12-4-11-21(13-14-22)17(23)15-16-5-2-3-6-16;/h16,20H,2-15H2,1H3;1H. The van der Waals surface area contributed by atoms with Crippen LogP contribution in [-0.4, -0.2) is 80.3 Å². The summed E-state index contributed by atoms with van der Waals surface area (Å²) in [5.41, 5.74) is 0. The van der Waals surface area contributed by atoms with Crippen molar-refractivity contribution in [3.63, 3.8) is 0 Å².